The molecule has 0 aliphatic carbocycles. The van der Waals surface area contributed by atoms with Gasteiger partial charge in [-0.3, -0.25) is 5.32 Å². The summed E-state index contributed by atoms with van der Waals surface area (Å²) in [4.78, 5) is 16.0. The molecular weight excluding hydrogens is 328 g/mol. The first-order chi connectivity index (χ1) is 12.3. The van der Waals surface area contributed by atoms with Crippen molar-refractivity contribution in [2.45, 2.75) is 33.3 Å². The van der Waals surface area contributed by atoms with Crippen molar-refractivity contribution in [2.24, 2.45) is 0 Å². The van der Waals surface area contributed by atoms with Gasteiger partial charge >= 0.3 is 6.09 Å². The molecule has 5 nitrogen and oxygen atoms in total. The van der Waals surface area contributed by atoms with Gasteiger partial charge in [0.05, 0.1) is 0 Å². The van der Waals surface area contributed by atoms with E-state index in [2.05, 4.69) is 23.3 Å². The number of anilines is 1. The van der Waals surface area contributed by atoms with E-state index in [4.69, 9.17) is 9.47 Å². The second-order valence-electron chi connectivity index (χ2n) is 7.03. The summed E-state index contributed by atoms with van der Waals surface area (Å²) in [6.45, 7) is 7.49. The van der Waals surface area contributed by atoms with Crippen molar-refractivity contribution >= 4 is 22.7 Å². The molecule has 0 spiro atoms. The van der Waals surface area contributed by atoms with Gasteiger partial charge in [-0.15, -0.1) is 0 Å². The van der Waals surface area contributed by atoms with Crippen LogP contribution in [-0.4, -0.2) is 16.7 Å². The first kappa shape index (κ1) is 17.7. The van der Waals surface area contributed by atoms with E-state index in [0.29, 0.717) is 11.6 Å². The van der Waals surface area contributed by atoms with E-state index < -0.39 is 11.7 Å². The van der Waals surface area contributed by atoms with Crippen LogP contribution in [0.15, 0.2) is 54.7 Å². The summed E-state index contributed by atoms with van der Waals surface area (Å²) in [6, 6.07) is 15.5. The van der Waals surface area contributed by atoms with E-state index in [1.807, 2.05) is 51.1 Å². The molecular formula is C21H22N2O3. The number of hydrogen-bond acceptors (Lipinski definition) is 4. The van der Waals surface area contributed by atoms with Gasteiger partial charge in [0.2, 0.25) is 0 Å². The molecule has 0 fully saturated rings. The predicted molar refractivity (Wildman–Crippen MR) is 103 cm³/mol. The molecule has 0 aliphatic rings. The number of rotatable bonds is 3. The molecule has 0 saturated heterocycles. The molecule has 0 atom stereocenters. The lowest BCUT2D eigenvalue weighted by Gasteiger charge is -2.19. The number of ether oxygens (including phenoxy) is 2. The number of pyridine rings is 1. The molecule has 3 aromatic rings. The Morgan fingerprint density at radius 2 is 1.77 bits per heavy atom. The van der Waals surface area contributed by atoms with E-state index >= 15 is 0 Å². The average Bonchev–Trinajstić information content (AvgIpc) is 2.56. The van der Waals surface area contributed by atoms with Crippen molar-refractivity contribution in [3.05, 3.63) is 60.3 Å². The van der Waals surface area contributed by atoms with Crippen LogP contribution in [0.1, 0.15) is 26.3 Å². The minimum atomic E-state index is -0.570. The third kappa shape index (κ3) is 4.30. The molecule has 2 aromatic carbocycles. The Morgan fingerprint density at radius 3 is 2.50 bits per heavy atom. The number of nitrogens with zero attached hydrogens (tertiary/aromatic N) is 1. The summed E-state index contributed by atoms with van der Waals surface area (Å²) < 4.78 is 11.3. The highest BCUT2D eigenvalue weighted by atomic mass is 16.6. The van der Waals surface area contributed by atoms with Gasteiger partial charge in [0, 0.05) is 17.6 Å². The van der Waals surface area contributed by atoms with Gasteiger partial charge < -0.3 is 9.47 Å². The zero-order chi connectivity index (χ0) is 18.7. The Balaban J connectivity index is 1.82. The van der Waals surface area contributed by atoms with Gasteiger partial charge in [-0.1, -0.05) is 30.3 Å². The molecule has 1 aromatic heterocycles. The summed E-state index contributed by atoms with van der Waals surface area (Å²) >= 11 is 0. The lowest BCUT2D eigenvalue weighted by molar-refractivity contribution is 0.0635. The molecule has 0 aliphatic heterocycles. The number of fused-ring (bicyclic) bond motifs is 1. The number of nitrogens with one attached hydrogen (secondary N) is 1. The van der Waals surface area contributed by atoms with Crippen LogP contribution in [-0.2, 0) is 4.74 Å². The van der Waals surface area contributed by atoms with Crippen molar-refractivity contribution in [1.29, 1.82) is 0 Å². The maximum atomic E-state index is 11.9. The Labute approximate surface area is 153 Å². The molecule has 1 heterocycles. The van der Waals surface area contributed by atoms with Crippen molar-refractivity contribution in [3.8, 4) is 11.5 Å². The summed E-state index contributed by atoms with van der Waals surface area (Å²) in [6.07, 6.45) is 1.03. The van der Waals surface area contributed by atoms with Gasteiger partial charge in [0.25, 0.3) is 0 Å². The van der Waals surface area contributed by atoms with E-state index in [1.165, 1.54) is 5.56 Å². The smallest absolute Gasteiger partial charge is 0.413 e. The molecule has 1 N–H and O–H groups in total. The maximum Gasteiger partial charge on any atom is 0.413 e. The molecule has 26 heavy (non-hydrogen) atoms. The lowest BCUT2D eigenvalue weighted by atomic mass is 10.0. The summed E-state index contributed by atoms with van der Waals surface area (Å²) in [7, 11) is 0. The largest absolute Gasteiger partial charge is 0.457 e. The van der Waals surface area contributed by atoms with Gasteiger partial charge in [0.1, 0.15) is 22.9 Å². The Hall–Kier alpha value is -3.08. The van der Waals surface area contributed by atoms with Crippen molar-refractivity contribution in [1.82, 2.24) is 4.98 Å². The van der Waals surface area contributed by atoms with Crippen LogP contribution in [0.25, 0.3) is 10.8 Å². The minimum Gasteiger partial charge on any atom is -0.457 e. The molecule has 134 valence electrons. The number of carbonyl (C=O) groups excluding carboxylic acids is 1. The third-order valence-corrected chi connectivity index (χ3v) is 3.69. The number of aryl methyl sites for hydroxylation is 1. The number of carbonyl (C=O) groups is 1. The highest BCUT2D eigenvalue weighted by Crippen LogP contribution is 2.32. The van der Waals surface area contributed by atoms with Gasteiger partial charge in [-0.2, -0.15) is 0 Å². The maximum absolute atomic E-state index is 11.9. The second kappa shape index (κ2) is 7.04. The topological polar surface area (TPSA) is 60.5 Å². The van der Waals surface area contributed by atoms with Gasteiger partial charge in [0.15, 0.2) is 0 Å². The number of aromatic nitrogens is 1. The third-order valence-electron chi connectivity index (χ3n) is 3.69. The van der Waals surface area contributed by atoms with E-state index in [1.54, 1.807) is 18.3 Å². The standard InChI is InChI=1S/C21H22N2O3/c1-14-9-10-18(17-8-6-5-7-16(14)17)25-15-11-12-22-19(13-15)23-20(24)26-21(2,3)4/h5-13H,1-4H3,(H,22,23,24). The minimum absolute atomic E-state index is 0.369. The molecule has 0 unspecified atom stereocenters. The zero-order valence-corrected chi connectivity index (χ0v) is 15.4. The number of benzene rings is 2. The first-order valence-electron chi connectivity index (χ1n) is 8.44. The molecule has 0 bridgehead atoms. The van der Waals surface area contributed by atoms with Crippen LogP contribution in [0, 0.1) is 6.92 Å². The van der Waals surface area contributed by atoms with Crippen molar-refractivity contribution in [2.75, 3.05) is 5.32 Å². The highest BCUT2D eigenvalue weighted by Gasteiger charge is 2.16. The SMILES string of the molecule is Cc1ccc(Oc2ccnc(NC(=O)OC(C)(C)C)c2)c2ccccc12. The predicted octanol–water partition coefficient (Wildman–Crippen LogP) is 5.68. The van der Waals surface area contributed by atoms with Crippen molar-refractivity contribution < 1.29 is 14.3 Å². The summed E-state index contributed by atoms with van der Waals surface area (Å²) in [5, 5.41) is 4.80. The molecule has 1 amide bonds. The second-order valence-corrected chi connectivity index (χ2v) is 7.03. The van der Waals surface area contributed by atoms with Crippen LogP contribution in [0.2, 0.25) is 0 Å². The lowest BCUT2D eigenvalue weighted by Crippen LogP contribution is -2.27. The van der Waals surface area contributed by atoms with E-state index in [0.717, 1.165) is 16.5 Å². The summed E-state index contributed by atoms with van der Waals surface area (Å²) in [5.41, 5.74) is 0.619. The fraction of sp³-hybridized carbons (Fsp3) is 0.238. The van der Waals surface area contributed by atoms with E-state index in [-0.39, 0.29) is 0 Å². The van der Waals surface area contributed by atoms with Crippen LogP contribution in [0.4, 0.5) is 10.6 Å². The van der Waals surface area contributed by atoms with Crippen LogP contribution >= 0.6 is 0 Å². The van der Waals surface area contributed by atoms with Gasteiger partial charge in [-0.25, -0.2) is 9.78 Å². The Kier molecular flexibility index (Phi) is 4.80. The molecule has 0 saturated carbocycles. The van der Waals surface area contributed by atoms with Crippen LogP contribution in [0.3, 0.4) is 0 Å². The highest BCUT2D eigenvalue weighted by molar-refractivity contribution is 5.91. The number of hydrogen-bond donors (Lipinski definition) is 1. The Morgan fingerprint density at radius 1 is 1.04 bits per heavy atom. The number of amides is 1. The van der Waals surface area contributed by atoms with Crippen molar-refractivity contribution in [3.63, 3.8) is 0 Å². The first-order valence-corrected chi connectivity index (χ1v) is 8.44. The monoisotopic (exact) mass is 350 g/mol. The van der Waals surface area contributed by atoms with Crippen LogP contribution < -0.4 is 10.1 Å². The quantitative estimate of drug-likeness (QED) is 0.660. The normalized spacial score (nSPS) is 11.2. The molecule has 0 radical (unpaired) electrons. The average molecular weight is 350 g/mol. The molecule has 3 rings (SSSR count). The van der Waals surface area contributed by atoms with Gasteiger partial charge in [-0.05, 0) is 50.8 Å². The zero-order valence-electron chi connectivity index (χ0n) is 15.4. The van der Waals surface area contributed by atoms with E-state index in [9.17, 15) is 4.79 Å². The molecule has 5 heteroatoms. The summed E-state index contributed by atoms with van der Waals surface area (Å²) in [5.74, 6) is 1.70. The Bertz CT molecular complexity index is 945. The van der Waals surface area contributed by atoms with Crippen LogP contribution in [0.5, 0.6) is 11.5 Å². The fourth-order valence-electron chi connectivity index (χ4n) is 2.59. The fourth-order valence-corrected chi connectivity index (χ4v) is 2.59.